The SMILES string of the molecule is CN(C)C(=O)Sc1ccccc1NC(=O)c1cnc(-c2ccccc2F)s1. The predicted molar refractivity (Wildman–Crippen MR) is 107 cm³/mol. The summed E-state index contributed by atoms with van der Waals surface area (Å²) in [5, 5.41) is 3.09. The summed E-state index contributed by atoms with van der Waals surface area (Å²) in [6.07, 6.45) is 1.42. The second kappa shape index (κ2) is 8.32. The Morgan fingerprint density at radius 2 is 1.81 bits per heavy atom. The van der Waals surface area contributed by atoms with E-state index in [0.717, 1.165) is 23.1 Å². The zero-order chi connectivity index (χ0) is 19.4. The Balaban J connectivity index is 1.79. The van der Waals surface area contributed by atoms with Crippen LogP contribution in [-0.4, -0.2) is 35.1 Å². The molecule has 0 aliphatic carbocycles. The third kappa shape index (κ3) is 4.53. The summed E-state index contributed by atoms with van der Waals surface area (Å²) < 4.78 is 13.9. The first-order valence-electron chi connectivity index (χ1n) is 7.96. The fraction of sp³-hybridized carbons (Fsp3) is 0.105. The maximum Gasteiger partial charge on any atom is 0.286 e. The number of benzene rings is 2. The fourth-order valence-corrected chi connectivity index (χ4v) is 3.75. The molecular formula is C19H16FN3O2S2. The molecule has 0 aliphatic heterocycles. The molecule has 1 aromatic heterocycles. The maximum atomic E-state index is 13.9. The average Bonchev–Trinajstić information content (AvgIpc) is 3.13. The van der Waals surface area contributed by atoms with Crippen molar-refractivity contribution in [3.8, 4) is 10.6 Å². The molecule has 138 valence electrons. The average molecular weight is 401 g/mol. The van der Waals surface area contributed by atoms with Crippen molar-refractivity contribution in [2.45, 2.75) is 4.90 Å². The molecule has 0 saturated heterocycles. The number of anilines is 1. The number of carbonyl (C=O) groups excluding carboxylic acids is 2. The molecular weight excluding hydrogens is 385 g/mol. The quantitative estimate of drug-likeness (QED) is 0.627. The molecule has 27 heavy (non-hydrogen) atoms. The maximum absolute atomic E-state index is 13.9. The van der Waals surface area contributed by atoms with Crippen LogP contribution >= 0.6 is 23.1 Å². The van der Waals surface area contributed by atoms with E-state index in [1.165, 1.54) is 17.2 Å². The Bertz CT molecular complexity index is 988. The van der Waals surface area contributed by atoms with Gasteiger partial charge in [-0.1, -0.05) is 24.3 Å². The molecule has 0 radical (unpaired) electrons. The summed E-state index contributed by atoms with van der Waals surface area (Å²) >= 11 is 2.14. The van der Waals surface area contributed by atoms with Gasteiger partial charge in [0.1, 0.15) is 15.7 Å². The van der Waals surface area contributed by atoms with Gasteiger partial charge in [-0.3, -0.25) is 9.59 Å². The standard InChI is InChI=1S/C19H16FN3O2S2/c1-23(2)19(25)27-15-10-6-5-9-14(15)22-17(24)16-11-21-18(26-16)12-7-3-4-8-13(12)20/h3-11H,1-2H3,(H,22,24). The van der Waals surface area contributed by atoms with E-state index in [-0.39, 0.29) is 17.0 Å². The molecule has 0 aliphatic rings. The summed E-state index contributed by atoms with van der Waals surface area (Å²) in [5.74, 6) is -0.747. The molecule has 0 unspecified atom stereocenters. The number of para-hydroxylation sites is 1. The van der Waals surface area contributed by atoms with E-state index in [0.29, 0.717) is 26.0 Å². The van der Waals surface area contributed by atoms with Gasteiger partial charge in [-0.05, 0) is 36.0 Å². The molecule has 2 amide bonds. The highest BCUT2D eigenvalue weighted by Gasteiger charge is 2.16. The first-order valence-corrected chi connectivity index (χ1v) is 9.59. The molecule has 2 aromatic carbocycles. The largest absolute Gasteiger partial charge is 0.339 e. The minimum absolute atomic E-state index is 0.142. The van der Waals surface area contributed by atoms with E-state index in [9.17, 15) is 14.0 Å². The van der Waals surface area contributed by atoms with Crippen LogP contribution in [0, 0.1) is 5.82 Å². The number of thiazole rings is 1. The van der Waals surface area contributed by atoms with Gasteiger partial charge < -0.3 is 10.2 Å². The first kappa shape index (κ1) is 19.1. The molecule has 0 spiro atoms. The molecule has 3 rings (SSSR count). The molecule has 1 N–H and O–H groups in total. The van der Waals surface area contributed by atoms with Crippen LogP contribution in [-0.2, 0) is 0 Å². The van der Waals surface area contributed by atoms with Crippen molar-refractivity contribution in [3.63, 3.8) is 0 Å². The second-order valence-electron chi connectivity index (χ2n) is 5.72. The second-order valence-corrected chi connectivity index (χ2v) is 7.75. The van der Waals surface area contributed by atoms with Crippen molar-refractivity contribution in [3.05, 3.63) is 65.4 Å². The van der Waals surface area contributed by atoms with Crippen molar-refractivity contribution in [1.29, 1.82) is 0 Å². The van der Waals surface area contributed by atoms with Crippen molar-refractivity contribution in [2.75, 3.05) is 19.4 Å². The van der Waals surface area contributed by atoms with E-state index in [1.807, 2.05) is 0 Å². The Hall–Kier alpha value is -2.71. The van der Waals surface area contributed by atoms with Crippen LogP contribution in [0.5, 0.6) is 0 Å². The number of halogens is 1. The van der Waals surface area contributed by atoms with Crippen molar-refractivity contribution < 1.29 is 14.0 Å². The third-order valence-electron chi connectivity index (χ3n) is 3.53. The van der Waals surface area contributed by atoms with Crippen LogP contribution < -0.4 is 5.32 Å². The lowest BCUT2D eigenvalue weighted by Crippen LogP contribution is -2.17. The van der Waals surface area contributed by atoms with Crippen molar-refractivity contribution in [1.82, 2.24) is 9.88 Å². The van der Waals surface area contributed by atoms with Crippen LogP contribution in [0.3, 0.4) is 0 Å². The van der Waals surface area contributed by atoms with Gasteiger partial charge >= 0.3 is 0 Å². The van der Waals surface area contributed by atoms with Gasteiger partial charge in [-0.25, -0.2) is 9.37 Å². The number of aromatic nitrogens is 1. The molecule has 1 heterocycles. The number of thioether (sulfide) groups is 1. The number of hydrogen-bond donors (Lipinski definition) is 1. The summed E-state index contributed by atoms with van der Waals surface area (Å²) in [5.41, 5.74) is 0.887. The number of amides is 2. The van der Waals surface area contributed by atoms with Gasteiger partial charge in [0.2, 0.25) is 0 Å². The number of hydrogen-bond acceptors (Lipinski definition) is 5. The Kier molecular flexibility index (Phi) is 5.88. The van der Waals surface area contributed by atoms with Crippen molar-refractivity contribution >= 4 is 39.9 Å². The molecule has 0 bridgehead atoms. The summed E-state index contributed by atoms with van der Waals surface area (Å²) in [6, 6.07) is 13.3. The van der Waals surface area contributed by atoms with Crippen LogP contribution in [0.15, 0.2) is 59.6 Å². The van der Waals surface area contributed by atoms with Crippen LogP contribution in [0.2, 0.25) is 0 Å². The lowest BCUT2D eigenvalue weighted by molar-refractivity contribution is 0.103. The Morgan fingerprint density at radius 1 is 1.11 bits per heavy atom. The Morgan fingerprint density at radius 3 is 2.56 bits per heavy atom. The van der Waals surface area contributed by atoms with Gasteiger partial charge in [-0.2, -0.15) is 0 Å². The number of nitrogens with zero attached hydrogens (tertiary/aromatic N) is 2. The van der Waals surface area contributed by atoms with E-state index >= 15 is 0 Å². The normalized spacial score (nSPS) is 10.5. The van der Waals surface area contributed by atoms with Gasteiger partial charge in [0, 0.05) is 24.6 Å². The van der Waals surface area contributed by atoms with E-state index in [2.05, 4.69) is 10.3 Å². The monoisotopic (exact) mass is 401 g/mol. The summed E-state index contributed by atoms with van der Waals surface area (Å²) in [4.78, 5) is 31.1. The third-order valence-corrected chi connectivity index (χ3v) is 5.68. The summed E-state index contributed by atoms with van der Waals surface area (Å²) in [6.45, 7) is 0. The highest BCUT2D eigenvalue weighted by Crippen LogP contribution is 2.31. The first-order chi connectivity index (χ1) is 13.0. The van der Waals surface area contributed by atoms with Gasteiger partial charge in [-0.15, -0.1) is 11.3 Å². The fourth-order valence-electron chi connectivity index (χ4n) is 2.17. The van der Waals surface area contributed by atoms with Crippen LogP contribution in [0.25, 0.3) is 10.6 Å². The van der Waals surface area contributed by atoms with E-state index in [1.54, 1.807) is 56.6 Å². The van der Waals surface area contributed by atoms with E-state index < -0.39 is 0 Å². The molecule has 0 atom stereocenters. The zero-order valence-corrected chi connectivity index (χ0v) is 16.2. The summed E-state index contributed by atoms with van der Waals surface area (Å²) in [7, 11) is 3.33. The number of carbonyl (C=O) groups is 2. The van der Waals surface area contributed by atoms with Gasteiger partial charge in [0.25, 0.3) is 11.1 Å². The van der Waals surface area contributed by atoms with Crippen LogP contribution in [0.4, 0.5) is 14.9 Å². The lowest BCUT2D eigenvalue weighted by atomic mass is 10.2. The highest BCUT2D eigenvalue weighted by atomic mass is 32.2. The molecule has 0 fully saturated rings. The van der Waals surface area contributed by atoms with E-state index in [4.69, 9.17) is 0 Å². The van der Waals surface area contributed by atoms with Crippen LogP contribution in [0.1, 0.15) is 9.67 Å². The molecule has 0 saturated carbocycles. The smallest absolute Gasteiger partial charge is 0.286 e. The Labute approximate surface area is 164 Å². The van der Waals surface area contributed by atoms with Gasteiger partial charge in [0.15, 0.2) is 0 Å². The minimum atomic E-state index is -0.386. The molecule has 3 aromatic rings. The topological polar surface area (TPSA) is 62.3 Å². The number of nitrogens with one attached hydrogen (secondary N) is 1. The zero-order valence-electron chi connectivity index (χ0n) is 14.6. The lowest BCUT2D eigenvalue weighted by Gasteiger charge is -2.12. The predicted octanol–water partition coefficient (Wildman–Crippen LogP) is 4.98. The highest BCUT2D eigenvalue weighted by molar-refractivity contribution is 8.13. The molecule has 8 heteroatoms. The number of rotatable bonds is 4. The van der Waals surface area contributed by atoms with Gasteiger partial charge in [0.05, 0.1) is 11.9 Å². The minimum Gasteiger partial charge on any atom is -0.339 e. The molecule has 5 nitrogen and oxygen atoms in total. The van der Waals surface area contributed by atoms with Crippen molar-refractivity contribution in [2.24, 2.45) is 0 Å².